The maximum Gasteiger partial charge on any atom is 0.0323 e. The van der Waals surface area contributed by atoms with Gasteiger partial charge in [0, 0.05) is 12.6 Å². The first-order valence-corrected chi connectivity index (χ1v) is 8.06. The van der Waals surface area contributed by atoms with Gasteiger partial charge in [-0.05, 0) is 54.6 Å². The van der Waals surface area contributed by atoms with Gasteiger partial charge in [0.1, 0.15) is 0 Å². The Bertz CT molecular complexity index is 428. The lowest BCUT2D eigenvalue weighted by Crippen LogP contribution is -2.41. The van der Waals surface area contributed by atoms with Crippen LogP contribution in [-0.2, 0) is 0 Å². The van der Waals surface area contributed by atoms with E-state index in [0.717, 1.165) is 5.92 Å². The van der Waals surface area contributed by atoms with Gasteiger partial charge in [-0.25, -0.2) is 0 Å². The summed E-state index contributed by atoms with van der Waals surface area (Å²) in [4.78, 5) is 0. The van der Waals surface area contributed by atoms with E-state index in [2.05, 4.69) is 43.4 Å². The molecule has 0 radical (unpaired) electrons. The average Bonchev–Trinajstić information content (AvgIpc) is 2.41. The smallest absolute Gasteiger partial charge is 0.0323 e. The van der Waals surface area contributed by atoms with Gasteiger partial charge < -0.3 is 5.32 Å². The van der Waals surface area contributed by atoms with E-state index in [1.165, 1.54) is 45.1 Å². The van der Waals surface area contributed by atoms with Crippen molar-refractivity contribution in [3.8, 4) is 0 Å². The highest BCUT2D eigenvalue weighted by Crippen LogP contribution is 2.44. The van der Waals surface area contributed by atoms with Crippen molar-refractivity contribution in [2.45, 2.75) is 64.3 Å². The van der Waals surface area contributed by atoms with E-state index < -0.39 is 0 Å². The zero-order valence-electron chi connectivity index (χ0n) is 12.4. The summed E-state index contributed by atoms with van der Waals surface area (Å²) < 4.78 is 0. The minimum atomic E-state index is 0.594. The second-order valence-electron chi connectivity index (χ2n) is 6.75. The molecule has 2 aliphatic carbocycles. The molecule has 0 spiro atoms. The standard InChI is InChI=1S/C18H27N/c1-3-18(11-6-12-18)13-19-17-10-9-14(2)15-7-4-5-8-16(15)17/h4-5,7-8,14,17,19H,3,6,9-13H2,1-2H3. The molecule has 19 heavy (non-hydrogen) atoms. The van der Waals surface area contributed by atoms with Crippen LogP contribution in [0.15, 0.2) is 24.3 Å². The Hall–Kier alpha value is -0.820. The number of nitrogens with one attached hydrogen (secondary N) is 1. The number of rotatable bonds is 4. The molecular weight excluding hydrogens is 230 g/mol. The van der Waals surface area contributed by atoms with Gasteiger partial charge in [-0.1, -0.05) is 44.5 Å². The number of fused-ring (bicyclic) bond motifs is 1. The fourth-order valence-corrected chi connectivity index (χ4v) is 3.89. The van der Waals surface area contributed by atoms with Gasteiger partial charge in [-0.2, -0.15) is 0 Å². The van der Waals surface area contributed by atoms with Crippen LogP contribution in [-0.4, -0.2) is 6.54 Å². The normalized spacial score (nSPS) is 28.5. The lowest BCUT2D eigenvalue weighted by atomic mass is 9.67. The van der Waals surface area contributed by atoms with E-state index in [1.54, 1.807) is 11.1 Å². The molecule has 3 rings (SSSR count). The molecule has 2 aliphatic rings. The third-order valence-electron chi connectivity index (χ3n) is 5.68. The molecule has 0 aromatic heterocycles. The van der Waals surface area contributed by atoms with Gasteiger partial charge in [0.25, 0.3) is 0 Å². The first-order chi connectivity index (χ1) is 9.24. The molecule has 1 heteroatoms. The van der Waals surface area contributed by atoms with Crippen LogP contribution in [0.5, 0.6) is 0 Å². The monoisotopic (exact) mass is 257 g/mol. The summed E-state index contributed by atoms with van der Waals surface area (Å²) in [5.74, 6) is 0.734. The lowest BCUT2D eigenvalue weighted by molar-refractivity contribution is 0.117. The molecule has 1 N–H and O–H groups in total. The number of benzene rings is 1. The Labute approximate surface area is 117 Å². The van der Waals surface area contributed by atoms with E-state index in [4.69, 9.17) is 0 Å². The Balaban J connectivity index is 1.71. The summed E-state index contributed by atoms with van der Waals surface area (Å²) in [6.07, 6.45) is 8.27. The van der Waals surface area contributed by atoms with Gasteiger partial charge >= 0.3 is 0 Å². The molecule has 0 saturated heterocycles. The zero-order valence-corrected chi connectivity index (χ0v) is 12.4. The largest absolute Gasteiger partial charge is 0.309 e. The molecule has 1 nitrogen and oxygen atoms in total. The summed E-state index contributed by atoms with van der Waals surface area (Å²) >= 11 is 0. The van der Waals surface area contributed by atoms with E-state index in [1.807, 2.05) is 0 Å². The van der Waals surface area contributed by atoms with Crippen molar-refractivity contribution < 1.29 is 0 Å². The first-order valence-electron chi connectivity index (χ1n) is 8.06. The second-order valence-corrected chi connectivity index (χ2v) is 6.75. The molecule has 2 unspecified atom stereocenters. The van der Waals surface area contributed by atoms with Crippen molar-refractivity contribution in [2.24, 2.45) is 5.41 Å². The fourth-order valence-electron chi connectivity index (χ4n) is 3.89. The number of hydrogen-bond donors (Lipinski definition) is 1. The quantitative estimate of drug-likeness (QED) is 0.817. The second kappa shape index (κ2) is 5.28. The molecule has 2 atom stereocenters. The van der Waals surface area contributed by atoms with Crippen LogP contribution in [0.25, 0.3) is 0 Å². The molecular formula is C18H27N. The van der Waals surface area contributed by atoms with Crippen LogP contribution < -0.4 is 5.32 Å². The van der Waals surface area contributed by atoms with Crippen LogP contribution >= 0.6 is 0 Å². The highest BCUT2D eigenvalue weighted by Gasteiger charge is 2.35. The summed E-state index contributed by atoms with van der Waals surface area (Å²) in [7, 11) is 0. The molecule has 0 aliphatic heterocycles. The molecule has 104 valence electrons. The molecule has 1 aromatic rings. The summed E-state index contributed by atoms with van der Waals surface area (Å²) in [5.41, 5.74) is 3.76. The summed E-state index contributed by atoms with van der Waals surface area (Å²) in [6.45, 7) is 5.95. The van der Waals surface area contributed by atoms with E-state index >= 15 is 0 Å². The highest BCUT2D eigenvalue weighted by atomic mass is 14.9. The van der Waals surface area contributed by atoms with Crippen molar-refractivity contribution >= 4 is 0 Å². The first kappa shape index (κ1) is 13.2. The molecule has 1 fully saturated rings. The van der Waals surface area contributed by atoms with E-state index in [-0.39, 0.29) is 0 Å². The van der Waals surface area contributed by atoms with Gasteiger partial charge in [0.2, 0.25) is 0 Å². The summed E-state index contributed by atoms with van der Waals surface area (Å²) in [5, 5.41) is 3.89. The maximum atomic E-state index is 3.89. The van der Waals surface area contributed by atoms with Crippen molar-refractivity contribution in [3.63, 3.8) is 0 Å². The van der Waals surface area contributed by atoms with Crippen LogP contribution in [0.3, 0.4) is 0 Å². The Morgan fingerprint density at radius 3 is 2.53 bits per heavy atom. The third-order valence-corrected chi connectivity index (χ3v) is 5.68. The van der Waals surface area contributed by atoms with Gasteiger partial charge in [0.15, 0.2) is 0 Å². The van der Waals surface area contributed by atoms with Crippen molar-refractivity contribution in [1.82, 2.24) is 5.32 Å². The molecule has 0 amide bonds. The fraction of sp³-hybridized carbons (Fsp3) is 0.667. The molecule has 1 saturated carbocycles. The molecule has 1 aromatic carbocycles. The Morgan fingerprint density at radius 1 is 1.16 bits per heavy atom. The van der Waals surface area contributed by atoms with Crippen LogP contribution in [0.4, 0.5) is 0 Å². The Kier molecular flexibility index (Phi) is 3.66. The predicted molar refractivity (Wildman–Crippen MR) is 81.4 cm³/mol. The predicted octanol–water partition coefficient (Wildman–Crippen LogP) is 4.79. The Morgan fingerprint density at radius 2 is 1.89 bits per heavy atom. The van der Waals surface area contributed by atoms with Gasteiger partial charge in [0.05, 0.1) is 0 Å². The van der Waals surface area contributed by atoms with Crippen molar-refractivity contribution in [1.29, 1.82) is 0 Å². The SMILES string of the molecule is CCC1(CNC2CCC(C)c3ccccc32)CCC1. The van der Waals surface area contributed by atoms with E-state index in [9.17, 15) is 0 Å². The number of hydrogen-bond acceptors (Lipinski definition) is 1. The van der Waals surface area contributed by atoms with Crippen molar-refractivity contribution in [3.05, 3.63) is 35.4 Å². The molecule has 0 heterocycles. The van der Waals surface area contributed by atoms with Crippen LogP contribution in [0.1, 0.15) is 75.5 Å². The molecule has 0 bridgehead atoms. The maximum absolute atomic E-state index is 3.89. The summed E-state index contributed by atoms with van der Waals surface area (Å²) in [6, 6.07) is 9.65. The topological polar surface area (TPSA) is 12.0 Å². The minimum absolute atomic E-state index is 0.594. The van der Waals surface area contributed by atoms with Crippen LogP contribution in [0, 0.1) is 5.41 Å². The van der Waals surface area contributed by atoms with E-state index in [0.29, 0.717) is 11.5 Å². The van der Waals surface area contributed by atoms with Gasteiger partial charge in [-0.15, -0.1) is 0 Å². The minimum Gasteiger partial charge on any atom is -0.309 e. The van der Waals surface area contributed by atoms with Crippen LogP contribution in [0.2, 0.25) is 0 Å². The zero-order chi connectivity index (χ0) is 13.3. The third kappa shape index (κ3) is 2.45. The highest BCUT2D eigenvalue weighted by molar-refractivity contribution is 5.34. The lowest BCUT2D eigenvalue weighted by Gasteiger charge is -2.43. The average molecular weight is 257 g/mol. The van der Waals surface area contributed by atoms with Crippen molar-refractivity contribution in [2.75, 3.05) is 6.54 Å². The van der Waals surface area contributed by atoms with Gasteiger partial charge in [-0.3, -0.25) is 0 Å².